The first-order valence-corrected chi connectivity index (χ1v) is 10.4. The van der Waals surface area contributed by atoms with E-state index in [0.29, 0.717) is 23.7 Å². The van der Waals surface area contributed by atoms with Gasteiger partial charge in [0.1, 0.15) is 5.82 Å². The Morgan fingerprint density at radius 2 is 2.04 bits per heavy atom. The van der Waals surface area contributed by atoms with Gasteiger partial charge in [0.15, 0.2) is 0 Å². The summed E-state index contributed by atoms with van der Waals surface area (Å²) in [4.78, 5) is 20.1. The molecule has 0 aliphatic heterocycles. The van der Waals surface area contributed by atoms with E-state index in [9.17, 15) is 4.79 Å². The van der Waals surface area contributed by atoms with Gasteiger partial charge in [-0.1, -0.05) is 36.7 Å². The zero-order valence-electron chi connectivity index (χ0n) is 16.5. The Morgan fingerprint density at radius 3 is 2.79 bits per heavy atom. The minimum absolute atomic E-state index is 0.0203. The van der Waals surface area contributed by atoms with Crippen LogP contribution in [0.1, 0.15) is 47.9 Å². The number of nitrogens with zero attached hydrogens (tertiary/aromatic N) is 3. The summed E-state index contributed by atoms with van der Waals surface area (Å²) in [5.74, 6) is 1.73. The van der Waals surface area contributed by atoms with E-state index in [1.54, 1.807) is 6.07 Å². The fraction of sp³-hybridized carbons (Fsp3) is 0.391. The maximum absolute atomic E-state index is 13.3. The van der Waals surface area contributed by atoms with Crippen molar-refractivity contribution in [1.82, 2.24) is 14.5 Å². The normalized spacial score (nSPS) is 13.8. The number of fused-ring (bicyclic) bond motifs is 1. The molecule has 1 saturated carbocycles. The number of rotatable bonds is 7. The van der Waals surface area contributed by atoms with Crippen molar-refractivity contribution < 1.29 is 4.79 Å². The second kappa shape index (κ2) is 7.96. The summed E-state index contributed by atoms with van der Waals surface area (Å²) in [6.45, 7) is 6.24. The molecule has 0 bridgehead atoms. The van der Waals surface area contributed by atoms with Gasteiger partial charge in [0.25, 0.3) is 5.91 Å². The fourth-order valence-corrected chi connectivity index (χ4v) is 3.87. The van der Waals surface area contributed by atoms with Crippen LogP contribution in [0.25, 0.3) is 11.0 Å². The van der Waals surface area contributed by atoms with Crippen molar-refractivity contribution in [3.63, 3.8) is 0 Å². The van der Waals surface area contributed by atoms with E-state index in [0.717, 1.165) is 41.3 Å². The van der Waals surface area contributed by atoms with Crippen LogP contribution in [0.2, 0.25) is 5.02 Å². The van der Waals surface area contributed by atoms with E-state index in [1.807, 2.05) is 30.0 Å². The van der Waals surface area contributed by atoms with Gasteiger partial charge in [-0.05, 0) is 61.9 Å². The Kier molecular flexibility index (Phi) is 5.40. The van der Waals surface area contributed by atoms with Gasteiger partial charge in [0.2, 0.25) is 0 Å². The van der Waals surface area contributed by atoms with Crippen LogP contribution >= 0.6 is 11.6 Å². The van der Waals surface area contributed by atoms with Crippen LogP contribution in [0.5, 0.6) is 0 Å². The maximum Gasteiger partial charge on any atom is 0.254 e. The molecular weight excluding hydrogens is 370 g/mol. The first kappa shape index (κ1) is 19.0. The van der Waals surface area contributed by atoms with Crippen LogP contribution < -0.4 is 0 Å². The molecule has 0 spiro atoms. The van der Waals surface area contributed by atoms with E-state index in [1.165, 1.54) is 12.8 Å². The number of carbonyl (C=O) groups excluding carboxylic acids is 1. The predicted molar refractivity (Wildman–Crippen MR) is 114 cm³/mol. The predicted octanol–water partition coefficient (Wildman–Crippen LogP) is 5.46. The number of imidazole rings is 1. The third-order valence-electron chi connectivity index (χ3n) is 5.41. The first-order chi connectivity index (χ1) is 13.6. The molecule has 28 heavy (non-hydrogen) atoms. The van der Waals surface area contributed by atoms with Crippen LogP contribution in [-0.4, -0.2) is 26.9 Å². The number of hydrogen-bond donors (Lipinski definition) is 0. The Morgan fingerprint density at radius 1 is 1.25 bits per heavy atom. The molecule has 1 aromatic heterocycles. The zero-order valence-corrected chi connectivity index (χ0v) is 17.2. The smallest absolute Gasteiger partial charge is 0.254 e. The lowest BCUT2D eigenvalue weighted by atomic mass is 10.1. The Labute approximate surface area is 171 Å². The van der Waals surface area contributed by atoms with Gasteiger partial charge in [0, 0.05) is 23.7 Å². The molecule has 0 N–H and O–H groups in total. The molecule has 1 aliphatic carbocycles. The molecule has 0 unspecified atom stereocenters. The summed E-state index contributed by atoms with van der Waals surface area (Å²) in [7, 11) is 0. The molecule has 2 aromatic carbocycles. The third-order valence-corrected chi connectivity index (χ3v) is 5.65. The number of aryl methyl sites for hydroxylation is 1. The van der Waals surface area contributed by atoms with Gasteiger partial charge >= 0.3 is 0 Å². The molecule has 1 heterocycles. The average molecular weight is 396 g/mol. The second-order valence-corrected chi connectivity index (χ2v) is 8.19. The lowest BCUT2D eigenvalue weighted by Crippen LogP contribution is -2.33. The molecule has 1 amide bonds. The highest BCUT2D eigenvalue weighted by molar-refractivity contribution is 6.31. The highest BCUT2D eigenvalue weighted by Crippen LogP contribution is 2.32. The van der Waals surface area contributed by atoms with Gasteiger partial charge in [0.05, 0.1) is 17.6 Å². The van der Waals surface area contributed by atoms with E-state index in [-0.39, 0.29) is 5.91 Å². The molecule has 1 aliphatic rings. The maximum atomic E-state index is 13.3. The summed E-state index contributed by atoms with van der Waals surface area (Å²) in [6.07, 6.45) is 3.46. The fourth-order valence-electron chi connectivity index (χ4n) is 3.70. The van der Waals surface area contributed by atoms with Gasteiger partial charge in [-0.3, -0.25) is 4.79 Å². The Bertz CT molecular complexity index is 1010. The monoisotopic (exact) mass is 395 g/mol. The van der Waals surface area contributed by atoms with Crippen LogP contribution in [0.4, 0.5) is 0 Å². The zero-order chi connectivity index (χ0) is 19.7. The topological polar surface area (TPSA) is 38.1 Å². The van der Waals surface area contributed by atoms with Crippen molar-refractivity contribution in [1.29, 1.82) is 0 Å². The molecule has 4 nitrogen and oxygen atoms in total. The first-order valence-electron chi connectivity index (χ1n) is 10.1. The number of benzene rings is 2. The SMILES string of the molecule is CCCN(Cc1nc2ccccc2n1CC1CC1)C(=O)c1cc(Cl)ccc1C. The lowest BCUT2D eigenvalue weighted by Gasteiger charge is -2.23. The molecule has 1 fully saturated rings. The number of aromatic nitrogens is 2. The third kappa shape index (κ3) is 3.93. The summed E-state index contributed by atoms with van der Waals surface area (Å²) >= 11 is 6.16. The van der Waals surface area contributed by atoms with Crippen molar-refractivity contribution >= 4 is 28.5 Å². The van der Waals surface area contributed by atoms with E-state index < -0.39 is 0 Å². The summed E-state index contributed by atoms with van der Waals surface area (Å²) < 4.78 is 2.31. The summed E-state index contributed by atoms with van der Waals surface area (Å²) in [6, 6.07) is 13.8. The minimum atomic E-state index is 0.0203. The highest BCUT2D eigenvalue weighted by atomic mass is 35.5. The number of halogens is 1. The number of amides is 1. The number of carbonyl (C=O) groups is 1. The molecule has 4 rings (SSSR count). The van der Waals surface area contributed by atoms with E-state index >= 15 is 0 Å². The van der Waals surface area contributed by atoms with Crippen molar-refractivity contribution in [2.24, 2.45) is 5.92 Å². The highest BCUT2D eigenvalue weighted by Gasteiger charge is 2.26. The van der Waals surface area contributed by atoms with E-state index in [2.05, 4.69) is 29.7 Å². The van der Waals surface area contributed by atoms with Crippen molar-refractivity contribution in [3.8, 4) is 0 Å². The molecule has 146 valence electrons. The second-order valence-electron chi connectivity index (χ2n) is 7.76. The van der Waals surface area contributed by atoms with Crippen molar-refractivity contribution in [2.75, 3.05) is 6.54 Å². The van der Waals surface area contributed by atoms with Crippen LogP contribution in [0, 0.1) is 12.8 Å². The quantitative estimate of drug-likeness (QED) is 0.532. The van der Waals surface area contributed by atoms with Gasteiger partial charge < -0.3 is 9.47 Å². The molecule has 0 saturated heterocycles. The average Bonchev–Trinajstić information content (AvgIpc) is 3.45. The standard InChI is InChI=1S/C23H26ClN3O/c1-3-12-26(23(28)19-13-18(24)11-8-16(19)2)15-22-25-20-6-4-5-7-21(20)27(22)14-17-9-10-17/h4-8,11,13,17H,3,9-10,12,14-15H2,1-2H3. The molecule has 0 atom stereocenters. The van der Waals surface area contributed by atoms with Gasteiger partial charge in [-0.15, -0.1) is 0 Å². The summed E-state index contributed by atoms with van der Waals surface area (Å²) in [5, 5.41) is 0.589. The van der Waals surface area contributed by atoms with Crippen LogP contribution in [0.3, 0.4) is 0 Å². The van der Waals surface area contributed by atoms with Gasteiger partial charge in [-0.25, -0.2) is 4.98 Å². The lowest BCUT2D eigenvalue weighted by molar-refractivity contribution is 0.0736. The van der Waals surface area contributed by atoms with Crippen molar-refractivity contribution in [3.05, 3.63) is 64.4 Å². The molecule has 5 heteroatoms. The molecular formula is C23H26ClN3O. The van der Waals surface area contributed by atoms with Crippen LogP contribution in [-0.2, 0) is 13.1 Å². The summed E-state index contributed by atoms with van der Waals surface area (Å²) in [5.41, 5.74) is 3.78. The molecule has 0 radical (unpaired) electrons. The number of hydrogen-bond acceptors (Lipinski definition) is 2. The Balaban J connectivity index is 1.68. The van der Waals surface area contributed by atoms with Crippen molar-refractivity contribution in [2.45, 2.75) is 46.2 Å². The largest absolute Gasteiger partial charge is 0.331 e. The van der Waals surface area contributed by atoms with Crippen LogP contribution in [0.15, 0.2) is 42.5 Å². The van der Waals surface area contributed by atoms with E-state index in [4.69, 9.17) is 16.6 Å². The minimum Gasteiger partial charge on any atom is -0.331 e. The molecule has 3 aromatic rings. The van der Waals surface area contributed by atoms with Gasteiger partial charge in [-0.2, -0.15) is 0 Å². The Hall–Kier alpha value is -2.33. The number of para-hydroxylation sites is 2.